The Morgan fingerprint density at radius 2 is 1.95 bits per heavy atom. The van der Waals surface area contributed by atoms with Gasteiger partial charge in [0.25, 0.3) is 0 Å². The number of carbonyl (C=O) groups excluding carboxylic acids is 1. The van der Waals surface area contributed by atoms with Gasteiger partial charge in [0, 0.05) is 0 Å². The van der Waals surface area contributed by atoms with E-state index in [2.05, 4.69) is 0 Å². The fourth-order valence-corrected chi connectivity index (χ4v) is 2.14. The van der Waals surface area contributed by atoms with E-state index < -0.39 is 18.2 Å². The molecule has 0 aliphatic carbocycles. The summed E-state index contributed by atoms with van der Waals surface area (Å²) in [5.41, 5.74) is 2.40. The molecule has 0 radical (unpaired) electrons. The largest absolute Gasteiger partial charge is 0.466 e. The van der Waals surface area contributed by atoms with Gasteiger partial charge in [-0.15, -0.1) is 0 Å². The summed E-state index contributed by atoms with van der Waals surface area (Å²) < 4.78 is 4.76. The predicted octanol–water partition coefficient (Wildman–Crippen LogP) is 1.99. The molecule has 1 aromatic rings. The monoisotopic (exact) mass is 280 g/mol. The van der Waals surface area contributed by atoms with Crippen LogP contribution in [0.4, 0.5) is 0 Å². The van der Waals surface area contributed by atoms with Crippen molar-refractivity contribution >= 4 is 5.97 Å². The molecule has 0 aliphatic heterocycles. The Morgan fingerprint density at radius 3 is 2.60 bits per heavy atom. The highest BCUT2D eigenvalue weighted by Gasteiger charge is 2.16. The average molecular weight is 280 g/mol. The van der Waals surface area contributed by atoms with Crippen LogP contribution in [0.5, 0.6) is 0 Å². The molecule has 4 heteroatoms. The van der Waals surface area contributed by atoms with Crippen LogP contribution < -0.4 is 0 Å². The zero-order valence-electron chi connectivity index (χ0n) is 12.2. The van der Waals surface area contributed by atoms with Crippen LogP contribution in [0.15, 0.2) is 24.3 Å². The van der Waals surface area contributed by atoms with Gasteiger partial charge in [-0.3, -0.25) is 4.79 Å². The van der Waals surface area contributed by atoms with Crippen LogP contribution in [-0.4, -0.2) is 35.0 Å². The SMILES string of the molecule is CCOC(=O)CC(O)CC(O)CCc1ccccc1C. The minimum absolute atomic E-state index is 0.0603. The van der Waals surface area contributed by atoms with E-state index in [1.165, 1.54) is 11.1 Å². The van der Waals surface area contributed by atoms with E-state index in [0.29, 0.717) is 13.0 Å². The molecule has 0 saturated carbocycles. The van der Waals surface area contributed by atoms with Crippen LogP contribution >= 0.6 is 0 Å². The molecule has 0 aromatic heterocycles. The maximum Gasteiger partial charge on any atom is 0.308 e. The van der Waals surface area contributed by atoms with Gasteiger partial charge in [0.15, 0.2) is 0 Å². The van der Waals surface area contributed by atoms with Crippen LogP contribution in [0.2, 0.25) is 0 Å². The zero-order valence-corrected chi connectivity index (χ0v) is 12.2. The third-order valence-corrected chi connectivity index (χ3v) is 3.26. The summed E-state index contributed by atoms with van der Waals surface area (Å²) in [7, 11) is 0. The molecule has 0 fully saturated rings. The number of ether oxygens (including phenoxy) is 1. The van der Waals surface area contributed by atoms with Gasteiger partial charge in [0.2, 0.25) is 0 Å². The molecule has 0 heterocycles. The standard InChI is InChI=1S/C16H24O4/c1-3-20-16(19)11-15(18)10-14(17)9-8-13-7-5-4-6-12(13)2/h4-7,14-15,17-18H,3,8-11H2,1-2H3. The summed E-state index contributed by atoms with van der Waals surface area (Å²) in [6, 6.07) is 8.04. The number of hydrogen-bond acceptors (Lipinski definition) is 4. The Hall–Kier alpha value is -1.39. The number of carbonyl (C=O) groups is 1. The average Bonchev–Trinajstić information content (AvgIpc) is 2.37. The molecule has 0 spiro atoms. The van der Waals surface area contributed by atoms with Crippen molar-refractivity contribution in [2.75, 3.05) is 6.61 Å². The van der Waals surface area contributed by atoms with E-state index in [4.69, 9.17) is 4.74 Å². The number of aryl methyl sites for hydroxylation is 2. The van der Waals surface area contributed by atoms with Crippen molar-refractivity contribution < 1.29 is 19.7 Å². The molecule has 0 saturated heterocycles. The van der Waals surface area contributed by atoms with E-state index >= 15 is 0 Å². The molecule has 1 rings (SSSR count). The van der Waals surface area contributed by atoms with Crippen molar-refractivity contribution in [3.05, 3.63) is 35.4 Å². The molecule has 1 aromatic carbocycles. The number of benzene rings is 1. The maximum absolute atomic E-state index is 11.2. The molecular weight excluding hydrogens is 256 g/mol. The van der Waals surface area contributed by atoms with Crippen LogP contribution in [0.25, 0.3) is 0 Å². The quantitative estimate of drug-likeness (QED) is 0.715. The highest BCUT2D eigenvalue weighted by molar-refractivity contribution is 5.69. The molecule has 0 bridgehead atoms. The summed E-state index contributed by atoms with van der Waals surface area (Å²) in [5.74, 6) is -0.425. The van der Waals surface area contributed by atoms with Crippen LogP contribution in [0, 0.1) is 6.92 Å². The Bertz CT molecular complexity index is 417. The van der Waals surface area contributed by atoms with Gasteiger partial charge in [-0.2, -0.15) is 0 Å². The van der Waals surface area contributed by atoms with Gasteiger partial charge in [-0.1, -0.05) is 24.3 Å². The van der Waals surface area contributed by atoms with Gasteiger partial charge in [-0.05, 0) is 44.2 Å². The number of esters is 1. The molecule has 0 aliphatic rings. The number of aliphatic hydroxyl groups is 2. The van der Waals surface area contributed by atoms with E-state index in [1.54, 1.807) is 6.92 Å². The smallest absolute Gasteiger partial charge is 0.308 e. The van der Waals surface area contributed by atoms with Crippen molar-refractivity contribution in [2.24, 2.45) is 0 Å². The first-order valence-electron chi connectivity index (χ1n) is 7.09. The maximum atomic E-state index is 11.2. The molecule has 0 amide bonds. The summed E-state index contributed by atoms with van der Waals surface area (Å²) >= 11 is 0. The van der Waals surface area contributed by atoms with Gasteiger partial charge in [0.1, 0.15) is 0 Å². The third-order valence-electron chi connectivity index (χ3n) is 3.26. The van der Waals surface area contributed by atoms with Crippen molar-refractivity contribution in [1.82, 2.24) is 0 Å². The summed E-state index contributed by atoms with van der Waals surface area (Å²) in [4.78, 5) is 11.2. The number of hydrogen-bond donors (Lipinski definition) is 2. The van der Waals surface area contributed by atoms with Crippen molar-refractivity contribution in [1.29, 1.82) is 0 Å². The second-order valence-electron chi connectivity index (χ2n) is 5.02. The van der Waals surface area contributed by atoms with Crippen LogP contribution in [0.3, 0.4) is 0 Å². The Kier molecular flexibility index (Phi) is 7.26. The van der Waals surface area contributed by atoms with Crippen molar-refractivity contribution in [3.8, 4) is 0 Å². The molecule has 4 nitrogen and oxygen atoms in total. The summed E-state index contributed by atoms with van der Waals surface area (Å²) in [6.45, 7) is 4.07. The first-order valence-corrected chi connectivity index (χ1v) is 7.09. The first kappa shape index (κ1) is 16.7. The highest BCUT2D eigenvalue weighted by Crippen LogP contribution is 2.13. The van der Waals surface area contributed by atoms with Crippen LogP contribution in [0.1, 0.15) is 37.3 Å². The summed E-state index contributed by atoms with van der Waals surface area (Å²) in [6.07, 6.45) is 0.0185. The Morgan fingerprint density at radius 1 is 1.25 bits per heavy atom. The molecule has 2 atom stereocenters. The molecule has 2 unspecified atom stereocenters. The van der Waals surface area contributed by atoms with Crippen molar-refractivity contribution in [3.63, 3.8) is 0 Å². The third kappa shape index (κ3) is 6.17. The molecule has 20 heavy (non-hydrogen) atoms. The number of rotatable bonds is 8. The topological polar surface area (TPSA) is 66.8 Å². The summed E-state index contributed by atoms with van der Waals surface area (Å²) in [5, 5.41) is 19.6. The predicted molar refractivity (Wildman–Crippen MR) is 77.4 cm³/mol. The fraction of sp³-hybridized carbons (Fsp3) is 0.562. The van der Waals surface area contributed by atoms with E-state index in [-0.39, 0.29) is 12.8 Å². The van der Waals surface area contributed by atoms with Gasteiger partial charge < -0.3 is 14.9 Å². The minimum atomic E-state index is -0.846. The van der Waals surface area contributed by atoms with Gasteiger partial charge >= 0.3 is 5.97 Å². The molecule has 112 valence electrons. The van der Waals surface area contributed by atoms with Gasteiger partial charge in [-0.25, -0.2) is 0 Å². The van der Waals surface area contributed by atoms with Crippen LogP contribution in [-0.2, 0) is 16.0 Å². The molecular formula is C16H24O4. The first-order chi connectivity index (χ1) is 9.52. The second kappa shape index (κ2) is 8.72. The minimum Gasteiger partial charge on any atom is -0.466 e. The van der Waals surface area contributed by atoms with E-state index in [1.807, 2.05) is 31.2 Å². The number of aliphatic hydroxyl groups excluding tert-OH is 2. The molecule has 2 N–H and O–H groups in total. The normalized spacial score (nSPS) is 13.8. The second-order valence-corrected chi connectivity index (χ2v) is 5.02. The fourth-order valence-electron chi connectivity index (χ4n) is 2.14. The lowest BCUT2D eigenvalue weighted by Crippen LogP contribution is -2.22. The Labute approximate surface area is 120 Å². The Balaban J connectivity index is 2.31. The van der Waals surface area contributed by atoms with Crippen molar-refractivity contribution in [2.45, 2.75) is 51.7 Å². The zero-order chi connectivity index (χ0) is 15.0. The lowest BCUT2D eigenvalue weighted by Gasteiger charge is -2.15. The van der Waals surface area contributed by atoms with E-state index in [9.17, 15) is 15.0 Å². The highest BCUT2D eigenvalue weighted by atomic mass is 16.5. The lowest BCUT2D eigenvalue weighted by atomic mass is 9.99. The lowest BCUT2D eigenvalue weighted by molar-refractivity contribution is -0.145. The van der Waals surface area contributed by atoms with Gasteiger partial charge in [0.05, 0.1) is 25.2 Å². The van der Waals surface area contributed by atoms with E-state index in [0.717, 1.165) is 6.42 Å².